The van der Waals surface area contributed by atoms with Crippen LogP contribution in [-0.2, 0) is 4.79 Å². The van der Waals surface area contributed by atoms with Gasteiger partial charge in [0, 0.05) is 28.3 Å². The largest absolute Gasteiger partial charge is 0.478 e. The Morgan fingerprint density at radius 1 is 1.44 bits per heavy atom. The average Bonchev–Trinajstić information content (AvgIpc) is 2.79. The topological polar surface area (TPSA) is 37.3 Å². The lowest BCUT2D eigenvalue weighted by atomic mass is 10.1. The zero-order valence-electron chi connectivity index (χ0n) is 10.6. The molecule has 0 saturated heterocycles. The van der Waals surface area contributed by atoms with Gasteiger partial charge >= 0.3 is 5.97 Å². The molecule has 18 heavy (non-hydrogen) atoms. The molecule has 0 saturated carbocycles. The van der Waals surface area contributed by atoms with Crippen molar-refractivity contribution in [3.63, 3.8) is 0 Å². The van der Waals surface area contributed by atoms with Crippen molar-refractivity contribution in [3.05, 3.63) is 28.0 Å². The molecule has 0 bridgehead atoms. The molecule has 96 valence electrons. The molecule has 1 aromatic heterocycles. The van der Waals surface area contributed by atoms with Crippen LogP contribution < -0.4 is 0 Å². The highest BCUT2D eigenvalue weighted by Gasteiger charge is 1.94. The molecule has 0 unspecified atom stereocenters. The van der Waals surface area contributed by atoms with Gasteiger partial charge in [-0.3, -0.25) is 0 Å². The lowest BCUT2D eigenvalue weighted by Gasteiger charge is -1.91. The van der Waals surface area contributed by atoms with E-state index in [2.05, 4.69) is 18.8 Å². The number of unbranched alkanes of at least 4 members (excludes halogenated alkanes) is 4. The predicted octanol–water partition coefficient (Wildman–Crippen LogP) is 4.17. The third-order valence-electron chi connectivity index (χ3n) is 2.40. The molecular formula is C15H18O2S. The molecule has 0 aliphatic heterocycles. The number of carboxylic acid groups (broad SMARTS) is 1. The number of rotatable bonds is 6. The molecule has 1 aromatic rings. The zero-order valence-corrected chi connectivity index (χ0v) is 11.4. The summed E-state index contributed by atoms with van der Waals surface area (Å²) in [6.07, 6.45) is 8.63. The smallest absolute Gasteiger partial charge is 0.328 e. The second kappa shape index (κ2) is 8.54. The van der Waals surface area contributed by atoms with Crippen molar-refractivity contribution in [2.24, 2.45) is 0 Å². The Kier molecular flexibility index (Phi) is 6.90. The highest BCUT2D eigenvalue weighted by molar-refractivity contribution is 7.11. The van der Waals surface area contributed by atoms with Gasteiger partial charge in [-0.25, -0.2) is 4.79 Å². The molecule has 0 aromatic carbocycles. The second-order valence-corrected chi connectivity index (χ2v) is 4.96. The van der Waals surface area contributed by atoms with Gasteiger partial charge in [0.05, 0.1) is 0 Å². The van der Waals surface area contributed by atoms with Gasteiger partial charge in [-0.05, 0) is 18.6 Å². The summed E-state index contributed by atoms with van der Waals surface area (Å²) in [7, 11) is 0. The minimum Gasteiger partial charge on any atom is -0.478 e. The van der Waals surface area contributed by atoms with Crippen LogP contribution >= 0.6 is 11.3 Å². The fourth-order valence-corrected chi connectivity index (χ4v) is 2.20. The van der Waals surface area contributed by atoms with Crippen LogP contribution in [0.4, 0.5) is 0 Å². The van der Waals surface area contributed by atoms with Gasteiger partial charge in [0.25, 0.3) is 0 Å². The number of carbonyl (C=O) groups is 1. The number of thiophene rings is 1. The molecule has 0 aliphatic rings. The van der Waals surface area contributed by atoms with Gasteiger partial charge in [-0.2, -0.15) is 0 Å². The van der Waals surface area contributed by atoms with Gasteiger partial charge in [-0.1, -0.05) is 38.0 Å². The van der Waals surface area contributed by atoms with Crippen LogP contribution in [0.1, 0.15) is 49.5 Å². The summed E-state index contributed by atoms with van der Waals surface area (Å²) in [5, 5.41) is 10.5. The summed E-state index contributed by atoms with van der Waals surface area (Å²) in [5.41, 5.74) is 0.973. The minimum atomic E-state index is -0.924. The SMILES string of the molecule is CCCCCCC#Cc1csc(/C=C/C(=O)O)c1. The maximum Gasteiger partial charge on any atom is 0.328 e. The monoisotopic (exact) mass is 262 g/mol. The van der Waals surface area contributed by atoms with Crippen LogP contribution in [0.3, 0.4) is 0 Å². The van der Waals surface area contributed by atoms with Crippen LogP contribution in [-0.4, -0.2) is 11.1 Å². The minimum absolute atomic E-state index is 0.924. The molecule has 0 spiro atoms. The summed E-state index contributed by atoms with van der Waals surface area (Å²) in [6.45, 7) is 2.20. The molecule has 1 heterocycles. The van der Waals surface area contributed by atoms with Gasteiger partial charge in [-0.15, -0.1) is 11.3 Å². The number of hydrogen-bond acceptors (Lipinski definition) is 2. The lowest BCUT2D eigenvalue weighted by Crippen LogP contribution is -1.84. The van der Waals surface area contributed by atoms with Crippen molar-refractivity contribution >= 4 is 23.4 Å². The third kappa shape index (κ3) is 6.27. The highest BCUT2D eigenvalue weighted by atomic mass is 32.1. The molecule has 0 aliphatic carbocycles. The molecule has 0 fully saturated rings. The van der Waals surface area contributed by atoms with Gasteiger partial charge in [0.15, 0.2) is 0 Å². The number of hydrogen-bond donors (Lipinski definition) is 1. The van der Waals surface area contributed by atoms with Crippen LogP contribution in [0.5, 0.6) is 0 Å². The van der Waals surface area contributed by atoms with Crippen LogP contribution in [0.2, 0.25) is 0 Å². The van der Waals surface area contributed by atoms with E-state index in [1.54, 1.807) is 6.08 Å². The van der Waals surface area contributed by atoms with Gasteiger partial charge in [0.2, 0.25) is 0 Å². The van der Waals surface area contributed by atoms with Crippen LogP contribution in [0, 0.1) is 11.8 Å². The standard InChI is InChI=1S/C15H18O2S/c1-2-3-4-5-6-7-8-13-11-14(18-12-13)9-10-15(16)17/h9-12H,2-6H2,1H3,(H,16,17)/b10-9+. The predicted molar refractivity (Wildman–Crippen MR) is 76.6 cm³/mol. The number of aliphatic carboxylic acids is 1. The molecule has 0 atom stereocenters. The second-order valence-electron chi connectivity index (χ2n) is 4.02. The van der Waals surface area contributed by atoms with E-state index in [-0.39, 0.29) is 0 Å². The fraction of sp³-hybridized carbons (Fsp3) is 0.400. The van der Waals surface area contributed by atoms with E-state index in [9.17, 15) is 4.79 Å². The van der Waals surface area contributed by atoms with Crippen molar-refractivity contribution < 1.29 is 9.90 Å². The van der Waals surface area contributed by atoms with E-state index in [4.69, 9.17) is 5.11 Å². The Balaban J connectivity index is 2.39. The Bertz CT molecular complexity index is 460. The normalized spacial score (nSPS) is 10.3. The van der Waals surface area contributed by atoms with Gasteiger partial charge in [0.1, 0.15) is 0 Å². The van der Waals surface area contributed by atoms with E-state index < -0.39 is 5.97 Å². The Hall–Kier alpha value is -1.53. The van der Waals surface area contributed by atoms with E-state index in [1.807, 2.05) is 11.4 Å². The summed E-state index contributed by atoms with van der Waals surface area (Å²) in [6, 6.07) is 1.92. The quantitative estimate of drug-likeness (QED) is 0.474. The summed E-state index contributed by atoms with van der Waals surface area (Å²) >= 11 is 1.51. The first-order chi connectivity index (χ1) is 8.72. The molecule has 1 rings (SSSR count). The Labute approximate surface area is 112 Å². The molecule has 2 nitrogen and oxygen atoms in total. The first kappa shape index (κ1) is 14.5. The number of carboxylic acids is 1. The summed E-state index contributed by atoms with van der Waals surface area (Å²) < 4.78 is 0. The lowest BCUT2D eigenvalue weighted by molar-refractivity contribution is -0.131. The first-order valence-electron chi connectivity index (χ1n) is 6.20. The Morgan fingerprint density at radius 2 is 2.28 bits per heavy atom. The third-order valence-corrected chi connectivity index (χ3v) is 3.30. The molecule has 0 radical (unpaired) electrons. The van der Waals surface area contributed by atoms with Crippen molar-refractivity contribution in [2.75, 3.05) is 0 Å². The van der Waals surface area contributed by atoms with Crippen molar-refractivity contribution in [2.45, 2.75) is 39.0 Å². The van der Waals surface area contributed by atoms with Gasteiger partial charge < -0.3 is 5.11 Å². The molecular weight excluding hydrogens is 244 g/mol. The Morgan fingerprint density at radius 3 is 3.00 bits per heavy atom. The van der Waals surface area contributed by atoms with Crippen LogP contribution in [0.15, 0.2) is 17.5 Å². The van der Waals surface area contributed by atoms with Crippen LogP contribution in [0.25, 0.3) is 6.08 Å². The summed E-state index contributed by atoms with van der Waals surface area (Å²) in [4.78, 5) is 11.3. The first-order valence-corrected chi connectivity index (χ1v) is 7.08. The average molecular weight is 262 g/mol. The van der Waals surface area contributed by atoms with Crippen molar-refractivity contribution in [3.8, 4) is 11.8 Å². The van der Waals surface area contributed by atoms with E-state index in [1.165, 1.54) is 30.6 Å². The van der Waals surface area contributed by atoms with Crippen molar-refractivity contribution in [1.82, 2.24) is 0 Å². The maximum absolute atomic E-state index is 10.4. The molecule has 0 amide bonds. The zero-order chi connectivity index (χ0) is 13.2. The fourth-order valence-electron chi connectivity index (χ4n) is 1.46. The van der Waals surface area contributed by atoms with Crippen molar-refractivity contribution in [1.29, 1.82) is 0 Å². The molecule has 1 N–H and O–H groups in total. The highest BCUT2D eigenvalue weighted by Crippen LogP contribution is 2.15. The van der Waals surface area contributed by atoms with E-state index in [0.717, 1.165) is 29.4 Å². The maximum atomic E-state index is 10.4. The summed E-state index contributed by atoms with van der Waals surface area (Å²) in [5.74, 6) is 5.34. The van der Waals surface area contributed by atoms with E-state index >= 15 is 0 Å². The van der Waals surface area contributed by atoms with E-state index in [0.29, 0.717) is 0 Å². The molecule has 3 heteroatoms.